The van der Waals surface area contributed by atoms with Crippen molar-refractivity contribution in [2.45, 2.75) is 33.3 Å². The molecule has 7 heteroatoms. The summed E-state index contributed by atoms with van der Waals surface area (Å²) in [7, 11) is 0. The lowest BCUT2D eigenvalue weighted by Gasteiger charge is -2.35. The molecular formula is C18H24N4O3. The van der Waals surface area contributed by atoms with Crippen LogP contribution >= 0.6 is 0 Å². The molecular weight excluding hydrogens is 320 g/mol. The highest BCUT2D eigenvalue weighted by Crippen LogP contribution is 2.20. The molecule has 0 spiro atoms. The monoisotopic (exact) mass is 344 g/mol. The molecule has 1 saturated heterocycles. The summed E-state index contributed by atoms with van der Waals surface area (Å²) in [6, 6.07) is 5.87. The molecule has 2 heterocycles. The first-order chi connectivity index (χ1) is 11.7. The van der Waals surface area contributed by atoms with Crippen molar-refractivity contribution >= 4 is 22.9 Å². The maximum absolute atomic E-state index is 12.8. The lowest BCUT2D eigenvalue weighted by molar-refractivity contribution is 0.0140. The second-order valence-electron chi connectivity index (χ2n) is 7.38. The van der Waals surface area contributed by atoms with E-state index in [0.717, 1.165) is 16.5 Å². The first-order valence-corrected chi connectivity index (χ1v) is 8.46. The summed E-state index contributed by atoms with van der Waals surface area (Å²) in [5.74, 6) is -0.110. The Bertz CT molecular complexity index is 798. The maximum atomic E-state index is 12.8. The molecule has 0 radical (unpaired) electrons. The van der Waals surface area contributed by atoms with Gasteiger partial charge >= 0.3 is 6.09 Å². The molecule has 1 aliphatic heterocycles. The van der Waals surface area contributed by atoms with E-state index in [-0.39, 0.29) is 12.0 Å². The second-order valence-corrected chi connectivity index (χ2v) is 7.38. The van der Waals surface area contributed by atoms with Crippen LogP contribution in [0.15, 0.2) is 18.2 Å². The molecule has 0 aliphatic carbocycles. The molecule has 0 bridgehead atoms. The van der Waals surface area contributed by atoms with E-state index < -0.39 is 5.60 Å². The molecule has 2 amide bonds. The third-order valence-corrected chi connectivity index (χ3v) is 4.14. The molecule has 1 aromatic heterocycles. The highest BCUT2D eigenvalue weighted by molar-refractivity contribution is 6.04. The minimum absolute atomic E-state index is 0.110. The molecule has 0 unspecified atom stereocenters. The average Bonchev–Trinajstić information content (AvgIpc) is 2.95. The fourth-order valence-electron chi connectivity index (χ4n) is 2.86. The van der Waals surface area contributed by atoms with Gasteiger partial charge in [0.2, 0.25) is 0 Å². The fraction of sp³-hybridized carbons (Fsp3) is 0.500. The molecule has 0 atom stereocenters. The average molecular weight is 344 g/mol. The minimum atomic E-state index is -0.518. The van der Waals surface area contributed by atoms with Crippen LogP contribution in [0, 0.1) is 6.92 Å². The van der Waals surface area contributed by atoms with Crippen molar-refractivity contribution in [2.75, 3.05) is 26.2 Å². The predicted octanol–water partition coefficient (Wildman–Crippen LogP) is 2.56. The van der Waals surface area contributed by atoms with E-state index in [1.807, 2.05) is 45.9 Å². The summed E-state index contributed by atoms with van der Waals surface area (Å²) < 4.78 is 5.38. The van der Waals surface area contributed by atoms with E-state index in [4.69, 9.17) is 4.74 Å². The first kappa shape index (κ1) is 17.3. The zero-order chi connectivity index (χ0) is 18.2. The van der Waals surface area contributed by atoms with E-state index in [0.29, 0.717) is 31.9 Å². The highest BCUT2D eigenvalue weighted by atomic mass is 16.6. The lowest BCUT2D eigenvalue weighted by atomic mass is 10.1. The van der Waals surface area contributed by atoms with Crippen LogP contribution in [0.25, 0.3) is 10.9 Å². The van der Waals surface area contributed by atoms with Gasteiger partial charge in [-0.3, -0.25) is 9.89 Å². The third-order valence-electron chi connectivity index (χ3n) is 4.14. The Hall–Kier alpha value is -2.57. The quantitative estimate of drug-likeness (QED) is 0.862. The Labute approximate surface area is 146 Å². The lowest BCUT2D eigenvalue weighted by Crippen LogP contribution is -2.51. The van der Waals surface area contributed by atoms with Crippen LogP contribution in [-0.4, -0.2) is 63.8 Å². The van der Waals surface area contributed by atoms with Gasteiger partial charge in [-0.05, 0) is 39.8 Å². The molecule has 25 heavy (non-hydrogen) atoms. The van der Waals surface area contributed by atoms with Crippen LogP contribution in [0.3, 0.4) is 0 Å². The standard InChI is InChI=1S/C18H24N4O3/c1-12-5-6-14-13(11-12)15(20-19-14)16(23)21-7-9-22(10-8-21)17(24)25-18(2,3)4/h5-6,11H,7-10H2,1-4H3,(H,19,20). The number of aryl methyl sites for hydroxylation is 1. The number of carbonyl (C=O) groups excluding carboxylic acids is 2. The molecule has 1 fully saturated rings. The van der Waals surface area contributed by atoms with Crippen LogP contribution in [0.2, 0.25) is 0 Å². The van der Waals surface area contributed by atoms with Crippen molar-refractivity contribution in [1.29, 1.82) is 0 Å². The normalized spacial score (nSPS) is 15.5. The Morgan fingerprint density at radius 3 is 2.40 bits per heavy atom. The second kappa shape index (κ2) is 6.38. The number of benzene rings is 1. The number of carbonyl (C=O) groups is 2. The molecule has 1 N–H and O–H groups in total. The summed E-state index contributed by atoms with van der Waals surface area (Å²) >= 11 is 0. The van der Waals surface area contributed by atoms with Gasteiger partial charge in [0.05, 0.1) is 5.52 Å². The van der Waals surface area contributed by atoms with Gasteiger partial charge in [-0.15, -0.1) is 0 Å². The zero-order valence-electron chi connectivity index (χ0n) is 15.1. The summed E-state index contributed by atoms with van der Waals surface area (Å²) in [6.07, 6.45) is -0.333. The molecule has 0 saturated carbocycles. The number of hydrogen-bond acceptors (Lipinski definition) is 4. The number of nitrogens with zero attached hydrogens (tertiary/aromatic N) is 3. The molecule has 1 aliphatic rings. The maximum Gasteiger partial charge on any atom is 0.410 e. The molecule has 3 rings (SSSR count). The number of amides is 2. The van der Waals surface area contributed by atoms with Gasteiger partial charge in [-0.25, -0.2) is 4.79 Å². The summed E-state index contributed by atoms with van der Waals surface area (Å²) in [6.45, 7) is 9.38. The fourth-order valence-corrected chi connectivity index (χ4v) is 2.86. The summed E-state index contributed by atoms with van der Waals surface area (Å²) in [5, 5.41) is 7.93. The number of hydrogen-bond donors (Lipinski definition) is 1. The van der Waals surface area contributed by atoms with Gasteiger partial charge in [0.1, 0.15) is 5.60 Å². The minimum Gasteiger partial charge on any atom is -0.444 e. The van der Waals surface area contributed by atoms with Gasteiger partial charge in [0.15, 0.2) is 5.69 Å². The number of nitrogens with one attached hydrogen (secondary N) is 1. The number of fused-ring (bicyclic) bond motifs is 1. The van der Waals surface area contributed by atoms with Gasteiger partial charge in [-0.2, -0.15) is 5.10 Å². The number of H-pyrrole nitrogens is 1. The SMILES string of the molecule is Cc1ccc2[nH]nc(C(=O)N3CCN(C(=O)OC(C)(C)C)CC3)c2c1. The predicted molar refractivity (Wildman–Crippen MR) is 94.5 cm³/mol. The topological polar surface area (TPSA) is 78.5 Å². The van der Waals surface area contributed by atoms with E-state index in [1.165, 1.54) is 0 Å². The number of ether oxygens (including phenoxy) is 1. The first-order valence-electron chi connectivity index (χ1n) is 8.46. The largest absolute Gasteiger partial charge is 0.444 e. The van der Waals surface area contributed by atoms with Crippen LogP contribution in [0.5, 0.6) is 0 Å². The highest BCUT2D eigenvalue weighted by Gasteiger charge is 2.29. The number of rotatable bonds is 1. The van der Waals surface area contributed by atoms with Crippen molar-refractivity contribution in [3.05, 3.63) is 29.5 Å². The third kappa shape index (κ3) is 3.75. The number of aromatic nitrogens is 2. The van der Waals surface area contributed by atoms with Crippen LogP contribution < -0.4 is 0 Å². The molecule has 134 valence electrons. The summed E-state index contributed by atoms with van der Waals surface area (Å²) in [4.78, 5) is 28.3. The Morgan fingerprint density at radius 2 is 1.76 bits per heavy atom. The molecule has 1 aromatic carbocycles. The zero-order valence-corrected chi connectivity index (χ0v) is 15.1. The van der Waals surface area contributed by atoms with E-state index in [1.54, 1.807) is 9.80 Å². The van der Waals surface area contributed by atoms with E-state index in [9.17, 15) is 9.59 Å². The van der Waals surface area contributed by atoms with Gasteiger partial charge in [-0.1, -0.05) is 11.6 Å². The van der Waals surface area contributed by atoms with Gasteiger partial charge < -0.3 is 14.5 Å². The van der Waals surface area contributed by atoms with Gasteiger partial charge in [0.25, 0.3) is 5.91 Å². The van der Waals surface area contributed by atoms with E-state index >= 15 is 0 Å². The van der Waals surface area contributed by atoms with Crippen LogP contribution in [-0.2, 0) is 4.74 Å². The van der Waals surface area contributed by atoms with Crippen LogP contribution in [0.1, 0.15) is 36.8 Å². The number of aromatic amines is 1. The van der Waals surface area contributed by atoms with Crippen molar-refractivity contribution in [1.82, 2.24) is 20.0 Å². The molecule has 7 nitrogen and oxygen atoms in total. The number of piperazine rings is 1. The van der Waals surface area contributed by atoms with Crippen molar-refractivity contribution in [3.63, 3.8) is 0 Å². The van der Waals surface area contributed by atoms with Crippen molar-refractivity contribution in [3.8, 4) is 0 Å². The molecule has 2 aromatic rings. The summed E-state index contributed by atoms with van der Waals surface area (Å²) in [5.41, 5.74) is 1.85. The van der Waals surface area contributed by atoms with Crippen molar-refractivity contribution < 1.29 is 14.3 Å². The van der Waals surface area contributed by atoms with Crippen molar-refractivity contribution in [2.24, 2.45) is 0 Å². The Kier molecular flexibility index (Phi) is 4.41. The van der Waals surface area contributed by atoms with E-state index in [2.05, 4.69) is 10.2 Å². The Balaban J connectivity index is 1.67. The van der Waals surface area contributed by atoms with Gasteiger partial charge in [0, 0.05) is 31.6 Å². The Morgan fingerprint density at radius 1 is 1.12 bits per heavy atom. The smallest absolute Gasteiger partial charge is 0.410 e. The van der Waals surface area contributed by atoms with Crippen LogP contribution in [0.4, 0.5) is 4.79 Å².